The number of benzene rings is 2. The summed E-state index contributed by atoms with van der Waals surface area (Å²) in [6.45, 7) is 2.20. The molecule has 1 fully saturated rings. The number of hydrogen-bond acceptors (Lipinski definition) is 7. The van der Waals surface area contributed by atoms with Crippen molar-refractivity contribution in [3.05, 3.63) is 65.8 Å². The van der Waals surface area contributed by atoms with Crippen LogP contribution in [0.15, 0.2) is 36.7 Å². The molecule has 9 nitrogen and oxygen atoms in total. The minimum atomic E-state index is -1.03. The number of nitrogens with one attached hydrogen (secondary N) is 2. The van der Waals surface area contributed by atoms with Gasteiger partial charge in [-0.3, -0.25) is 4.57 Å². The molecule has 4 heterocycles. The van der Waals surface area contributed by atoms with Crippen LogP contribution in [0.2, 0.25) is 0 Å². The SMILES string of the molecule is Fc1cc(F)cc(-n2cnc3c(NCc4nc5c(F)c(F)ccc5[nH]4)nc(N4CCOCC4)nc32)c1. The van der Waals surface area contributed by atoms with Crippen molar-refractivity contribution in [2.45, 2.75) is 6.54 Å². The number of aromatic nitrogens is 6. The second kappa shape index (κ2) is 8.75. The Balaban J connectivity index is 1.41. The zero-order chi connectivity index (χ0) is 24.8. The third-order valence-corrected chi connectivity index (χ3v) is 5.82. The molecular weight excluding hydrogens is 480 g/mol. The van der Waals surface area contributed by atoms with Crippen molar-refractivity contribution in [3.8, 4) is 5.69 Å². The lowest BCUT2D eigenvalue weighted by Gasteiger charge is -2.27. The number of H-pyrrole nitrogens is 1. The smallest absolute Gasteiger partial charge is 0.229 e. The van der Waals surface area contributed by atoms with Crippen LogP contribution in [0.4, 0.5) is 29.3 Å². The lowest BCUT2D eigenvalue weighted by Crippen LogP contribution is -2.37. The molecule has 0 radical (unpaired) electrons. The number of anilines is 2. The number of halogens is 4. The molecule has 3 aromatic heterocycles. The highest BCUT2D eigenvalue weighted by Gasteiger charge is 2.21. The van der Waals surface area contributed by atoms with Crippen LogP contribution < -0.4 is 10.2 Å². The van der Waals surface area contributed by atoms with Crippen molar-refractivity contribution < 1.29 is 22.3 Å². The second-order valence-electron chi connectivity index (χ2n) is 8.18. The van der Waals surface area contributed by atoms with Gasteiger partial charge in [0, 0.05) is 19.2 Å². The quantitative estimate of drug-likeness (QED) is 0.357. The fourth-order valence-electron chi connectivity index (χ4n) is 4.10. The molecule has 184 valence electrons. The molecule has 2 aromatic carbocycles. The Hall–Kier alpha value is -4.26. The van der Waals surface area contributed by atoms with E-state index in [-0.39, 0.29) is 17.7 Å². The molecule has 5 aromatic rings. The second-order valence-corrected chi connectivity index (χ2v) is 8.18. The normalized spacial score (nSPS) is 14.2. The van der Waals surface area contributed by atoms with Gasteiger partial charge in [-0.2, -0.15) is 9.97 Å². The molecule has 6 rings (SSSR count). The van der Waals surface area contributed by atoms with Crippen molar-refractivity contribution in [3.63, 3.8) is 0 Å². The predicted molar refractivity (Wildman–Crippen MR) is 123 cm³/mol. The van der Waals surface area contributed by atoms with Crippen LogP contribution in [-0.4, -0.2) is 55.8 Å². The fourth-order valence-corrected chi connectivity index (χ4v) is 4.10. The van der Waals surface area contributed by atoms with Crippen LogP contribution in [0.1, 0.15) is 5.82 Å². The van der Waals surface area contributed by atoms with Gasteiger partial charge >= 0.3 is 0 Å². The number of fused-ring (bicyclic) bond motifs is 2. The van der Waals surface area contributed by atoms with E-state index >= 15 is 0 Å². The predicted octanol–water partition coefficient (Wildman–Crippen LogP) is 3.70. The van der Waals surface area contributed by atoms with E-state index in [0.717, 1.165) is 12.1 Å². The van der Waals surface area contributed by atoms with E-state index in [1.54, 1.807) is 0 Å². The van der Waals surface area contributed by atoms with Gasteiger partial charge in [0.1, 0.15) is 29.3 Å². The average Bonchev–Trinajstić information content (AvgIpc) is 3.49. The van der Waals surface area contributed by atoms with Crippen LogP contribution in [0.5, 0.6) is 0 Å². The molecule has 1 aliphatic heterocycles. The van der Waals surface area contributed by atoms with E-state index in [1.807, 2.05) is 4.90 Å². The molecule has 0 saturated carbocycles. The molecule has 0 spiro atoms. The minimum absolute atomic E-state index is 0.0891. The number of imidazole rings is 2. The summed E-state index contributed by atoms with van der Waals surface area (Å²) >= 11 is 0. The number of rotatable bonds is 5. The minimum Gasteiger partial charge on any atom is -0.378 e. The molecule has 0 atom stereocenters. The first-order valence-corrected chi connectivity index (χ1v) is 11.1. The van der Waals surface area contributed by atoms with Crippen molar-refractivity contribution in [2.75, 3.05) is 36.5 Å². The van der Waals surface area contributed by atoms with Gasteiger partial charge in [0.05, 0.1) is 31.0 Å². The number of aromatic amines is 1. The van der Waals surface area contributed by atoms with Crippen molar-refractivity contribution in [1.82, 2.24) is 29.5 Å². The van der Waals surface area contributed by atoms with Crippen LogP contribution >= 0.6 is 0 Å². The summed E-state index contributed by atoms with van der Waals surface area (Å²) in [5.74, 6) is -2.42. The lowest BCUT2D eigenvalue weighted by atomic mass is 10.3. The zero-order valence-electron chi connectivity index (χ0n) is 18.6. The van der Waals surface area contributed by atoms with Gasteiger partial charge in [-0.1, -0.05) is 0 Å². The number of morpholine rings is 1. The van der Waals surface area contributed by atoms with E-state index in [2.05, 4.69) is 30.2 Å². The molecule has 13 heteroatoms. The zero-order valence-corrected chi connectivity index (χ0v) is 18.6. The van der Waals surface area contributed by atoms with Crippen LogP contribution in [-0.2, 0) is 11.3 Å². The van der Waals surface area contributed by atoms with Gasteiger partial charge < -0.3 is 19.9 Å². The van der Waals surface area contributed by atoms with Gasteiger partial charge in [0.2, 0.25) is 5.95 Å². The van der Waals surface area contributed by atoms with Gasteiger partial charge in [-0.15, -0.1) is 0 Å². The van der Waals surface area contributed by atoms with Crippen LogP contribution in [0, 0.1) is 23.3 Å². The Kier molecular flexibility index (Phi) is 5.40. The Morgan fingerprint density at radius 3 is 2.50 bits per heavy atom. The summed E-state index contributed by atoms with van der Waals surface area (Å²) in [4.78, 5) is 22.6. The molecule has 1 saturated heterocycles. The summed E-state index contributed by atoms with van der Waals surface area (Å²) in [7, 11) is 0. The molecule has 1 aliphatic rings. The highest BCUT2D eigenvalue weighted by Crippen LogP contribution is 2.27. The maximum absolute atomic E-state index is 14.1. The first-order valence-electron chi connectivity index (χ1n) is 11.1. The highest BCUT2D eigenvalue weighted by molar-refractivity contribution is 5.85. The third kappa shape index (κ3) is 3.96. The first-order chi connectivity index (χ1) is 17.5. The number of nitrogens with zero attached hydrogens (tertiary/aromatic N) is 6. The Morgan fingerprint density at radius 2 is 1.72 bits per heavy atom. The summed E-state index contributed by atoms with van der Waals surface area (Å²) < 4.78 is 62.4. The fraction of sp³-hybridized carbons (Fsp3) is 0.217. The molecule has 0 amide bonds. The topological polar surface area (TPSA) is 96.8 Å². The monoisotopic (exact) mass is 498 g/mol. The van der Waals surface area contributed by atoms with Gasteiger partial charge in [-0.25, -0.2) is 27.5 Å². The van der Waals surface area contributed by atoms with Crippen molar-refractivity contribution >= 4 is 34.0 Å². The molecule has 0 aliphatic carbocycles. The van der Waals surface area contributed by atoms with E-state index in [1.165, 1.54) is 29.1 Å². The Labute approximate surface area is 200 Å². The van der Waals surface area contributed by atoms with Crippen molar-refractivity contribution in [1.29, 1.82) is 0 Å². The standard InChI is InChI=1S/C23H18F4N8O/c24-12-7-13(25)9-14(8-12)35-11-29-20-21(32-23(33-22(20)35)34-3-5-36-6-4-34)28-10-17-30-16-2-1-15(26)18(27)19(16)31-17/h1-2,7-9,11H,3-6,10H2,(H,30,31)(H,28,32,33). The Bertz CT molecular complexity index is 1570. The average molecular weight is 498 g/mol. The van der Waals surface area contributed by atoms with Gasteiger partial charge in [0.25, 0.3) is 0 Å². The molecule has 0 unspecified atom stereocenters. The molecule has 2 N–H and O–H groups in total. The Morgan fingerprint density at radius 1 is 0.944 bits per heavy atom. The number of hydrogen-bond donors (Lipinski definition) is 2. The van der Waals surface area contributed by atoms with Crippen molar-refractivity contribution in [2.24, 2.45) is 0 Å². The van der Waals surface area contributed by atoms with Crippen LogP contribution in [0.3, 0.4) is 0 Å². The van der Waals surface area contributed by atoms with E-state index in [9.17, 15) is 17.6 Å². The summed E-state index contributed by atoms with van der Waals surface area (Å²) in [6.07, 6.45) is 1.40. The van der Waals surface area contributed by atoms with Gasteiger partial charge in [0.15, 0.2) is 28.6 Å². The van der Waals surface area contributed by atoms with E-state index in [0.29, 0.717) is 60.6 Å². The number of ether oxygens (including phenoxy) is 1. The maximum atomic E-state index is 14.1. The van der Waals surface area contributed by atoms with E-state index < -0.39 is 23.3 Å². The maximum Gasteiger partial charge on any atom is 0.229 e. The largest absolute Gasteiger partial charge is 0.378 e. The molecular formula is C23H18F4N8O. The lowest BCUT2D eigenvalue weighted by molar-refractivity contribution is 0.122. The summed E-state index contributed by atoms with van der Waals surface area (Å²) in [6, 6.07) is 5.57. The van der Waals surface area contributed by atoms with Crippen LogP contribution in [0.25, 0.3) is 27.9 Å². The molecule has 36 heavy (non-hydrogen) atoms. The highest BCUT2D eigenvalue weighted by atomic mass is 19.2. The molecule has 0 bridgehead atoms. The van der Waals surface area contributed by atoms with Gasteiger partial charge in [-0.05, 0) is 24.3 Å². The van der Waals surface area contributed by atoms with E-state index in [4.69, 9.17) is 4.74 Å². The first kappa shape index (κ1) is 22.2. The third-order valence-electron chi connectivity index (χ3n) is 5.82. The summed E-state index contributed by atoms with van der Waals surface area (Å²) in [5, 5.41) is 3.12. The summed E-state index contributed by atoms with van der Waals surface area (Å²) in [5.41, 5.74) is 1.14.